The molecule has 8 rings (SSSR count). The highest BCUT2D eigenvalue weighted by Crippen LogP contribution is 2.47. The van der Waals surface area contributed by atoms with Crippen LogP contribution in [0.4, 0.5) is 0 Å². The van der Waals surface area contributed by atoms with Crippen molar-refractivity contribution in [3.63, 3.8) is 0 Å². The number of benzene rings is 6. The molecule has 2 aromatic heterocycles. The van der Waals surface area contributed by atoms with Gasteiger partial charge in [-0.2, -0.15) is 0 Å². The number of pyridine rings is 1. The quantitative estimate of drug-likeness (QED) is 0.171. The van der Waals surface area contributed by atoms with E-state index < -0.39 is 6.04 Å². The molecule has 39 heavy (non-hydrogen) atoms. The van der Waals surface area contributed by atoms with Gasteiger partial charge in [0.15, 0.2) is 0 Å². The van der Waals surface area contributed by atoms with Gasteiger partial charge in [-0.1, -0.05) is 139 Å². The molecule has 0 N–H and O–H groups in total. The smallest absolute Gasteiger partial charge is 0.146 e. The first-order chi connectivity index (χ1) is 19.2. The van der Waals surface area contributed by atoms with Crippen molar-refractivity contribution in [1.82, 2.24) is 9.38 Å². The van der Waals surface area contributed by atoms with Gasteiger partial charge in [0.1, 0.15) is 5.65 Å². The van der Waals surface area contributed by atoms with E-state index in [4.69, 9.17) is 16.8 Å². The second-order valence-corrected chi connectivity index (χ2v) is 14.3. The molecule has 0 saturated carbocycles. The van der Waals surface area contributed by atoms with E-state index in [1.165, 1.54) is 43.0 Å². The summed E-state index contributed by atoms with van der Waals surface area (Å²) in [7, 11) is 0. The molecule has 0 aliphatic carbocycles. The monoisotopic (exact) mass is 534 g/mol. The highest BCUT2D eigenvalue weighted by molar-refractivity contribution is 8.25. The lowest BCUT2D eigenvalue weighted by Crippen LogP contribution is -2.25. The molecule has 0 bridgehead atoms. The van der Waals surface area contributed by atoms with Crippen LogP contribution in [0.3, 0.4) is 0 Å². The number of hydrogen-bond donors (Lipinski definition) is 0. The number of imidazole rings is 1. The van der Waals surface area contributed by atoms with E-state index >= 15 is 0 Å². The number of hydrogen-bond acceptors (Lipinski definition) is 2. The predicted molar refractivity (Wildman–Crippen MR) is 171 cm³/mol. The average Bonchev–Trinajstić information content (AvgIpc) is 3.41. The van der Waals surface area contributed by atoms with Crippen LogP contribution in [0.5, 0.6) is 0 Å². The van der Waals surface area contributed by atoms with Crippen LogP contribution < -0.4 is 15.9 Å². The molecule has 0 atom stereocenters. The Morgan fingerprint density at radius 3 is 1.95 bits per heavy atom. The zero-order valence-corrected chi connectivity index (χ0v) is 22.7. The molecular weight excluding hydrogens is 511 g/mol. The van der Waals surface area contributed by atoms with E-state index in [-0.39, 0.29) is 0 Å². The maximum atomic E-state index is 6.86. The zero-order valence-electron chi connectivity index (χ0n) is 21.0. The van der Waals surface area contributed by atoms with E-state index in [0.29, 0.717) is 0 Å². The minimum Gasteiger partial charge on any atom is -0.291 e. The van der Waals surface area contributed by atoms with Crippen molar-refractivity contribution in [3.05, 3.63) is 140 Å². The number of aromatic nitrogens is 2. The largest absolute Gasteiger partial charge is 0.291 e. The third-order valence-electron chi connectivity index (χ3n) is 7.82. The van der Waals surface area contributed by atoms with E-state index in [9.17, 15) is 0 Å². The summed E-state index contributed by atoms with van der Waals surface area (Å²) < 4.78 is 2.35. The van der Waals surface area contributed by atoms with Gasteiger partial charge in [0, 0.05) is 32.9 Å². The summed E-state index contributed by atoms with van der Waals surface area (Å²) in [5.74, 6) is 0. The summed E-state index contributed by atoms with van der Waals surface area (Å²) in [6.45, 7) is 0. The Morgan fingerprint density at radius 2 is 1.18 bits per heavy atom. The fourth-order valence-electron chi connectivity index (χ4n) is 6.11. The molecule has 0 amide bonds. The number of fused-ring (bicyclic) bond motifs is 10. The van der Waals surface area contributed by atoms with Gasteiger partial charge in [0.05, 0.1) is 16.6 Å². The summed E-state index contributed by atoms with van der Waals surface area (Å²) in [5.41, 5.74) is 4.26. The van der Waals surface area contributed by atoms with Gasteiger partial charge in [0.25, 0.3) is 0 Å². The lowest BCUT2D eigenvalue weighted by molar-refractivity contribution is 1.32. The minimum atomic E-state index is -2.40. The second kappa shape index (κ2) is 8.61. The Bertz CT molecular complexity index is 2210. The van der Waals surface area contributed by atoms with Crippen LogP contribution in [-0.4, -0.2) is 9.38 Å². The van der Waals surface area contributed by atoms with Gasteiger partial charge in [0.2, 0.25) is 0 Å². The van der Waals surface area contributed by atoms with Crippen molar-refractivity contribution < 1.29 is 0 Å². The van der Waals surface area contributed by atoms with E-state index in [0.717, 1.165) is 22.1 Å². The molecule has 6 aromatic carbocycles. The van der Waals surface area contributed by atoms with Crippen molar-refractivity contribution in [2.45, 2.75) is 0 Å². The minimum absolute atomic E-state index is 0.972. The van der Waals surface area contributed by atoms with Crippen molar-refractivity contribution in [2.24, 2.45) is 0 Å². The summed E-state index contributed by atoms with van der Waals surface area (Å²) in [6, 6.07) is 47.2. The fraction of sp³-hybridized carbons (Fsp3) is 0. The molecule has 0 aliphatic rings. The summed E-state index contributed by atoms with van der Waals surface area (Å²) in [6.07, 6.45) is 0. The first-order valence-electron chi connectivity index (χ1n) is 13.1. The topological polar surface area (TPSA) is 17.3 Å². The first-order valence-corrected chi connectivity index (χ1v) is 15.9. The third kappa shape index (κ3) is 3.21. The highest BCUT2D eigenvalue weighted by Gasteiger charge is 2.28. The van der Waals surface area contributed by atoms with Crippen LogP contribution in [-0.2, 0) is 11.8 Å². The van der Waals surface area contributed by atoms with Gasteiger partial charge in [-0.05, 0) is 28.1 Å². The molecule has 0 fully saturated rings. The van der Waals surface area contributed by atoms with Crippen LogP contribution in [0.25, 0.3) is 49.1 Å². The van der Waals surface area contributed by atoms with Crippen LogP contribution in [0.15, 0.2) is 140 Å². The summed E-state index contributed by atoms with van der Waals surface area (Å²) in [5, 5.41) is 9.57. The molecule has 0 aliphatic heterocycles. The Labute approximate surface area is 231 Å². The third-order valence-corrected chi connectivity index (χ3v) is 12.8. The molecule has 184 valence electrons. The standard InChI is InChI=1S/C35H23N2PS/c39-38(25-13-3-1-4-14-25,26-15-5-2-6-16-26)32-21-11-18-29-33(32)28-23-22-24-12-7-8-17-27(24)34(28)37-31-20-10-9-19-30(31)36-35(29)37/h1-23H. The van der Waals surface area contributed by atoms with E-state index in [2.05, 4.69) is 144 Å². The number of nitrogens with zero attached hydrogens (tertiary/aromatic N) is 2. The molecule has 0 radical (unpaired) electrons. The van der Waals surface area contributed by atoms with Gasteiger partial charge >= 0.3 is 0 Å². The van der Waals surface area contributed by atoms with Crippen molar-refractivity contribution in [3.8, 4) is 0 Å². The second-order valence-electron chi connectivity index (χ2n) is 9.92. The molecule has 2 heterocycles. The predicted octanol–water partition coefficient (Wildman–Crippen LogP) is 7.70. The lowest BCUT2D eigenvalue weighted by atomic mass is 10.0. The van der Waals surface area contributed by atoms with Crippen LogP contribution >= 0.6 is 6.04 Å². The summed E-state index contributed by atoms with van der Waals surface area (Å²) >= 11 is 6.86. The summed E-state index contributed by atoms with van der Waals surface area (Å²) in [4.78, 5) is 5.21. The number of rotatable bonds is 3. The molecule has 0 unspecified atom stereocenters. The van der Waals surface area contributed by atoms with Crippen molar-refractivity contribution in [1.29, 1.82) is 0 Å². The Hall–Kier alpha value is -4.30. The van der Waals surface area contributed by atoms with Gasteiger partial charge < -0.3 is 0 Å². The lowest BCUT2D eigenvalue weighted by Gasteiger charge is -2.26. The van der Waals surface area contributed by atoms with E-state index in [1.54, 1.807) is 0 Å². The molecule has 4 heteroatoms. The van der Waals surface area contributed by atoms with Crippen LogP contribution in [0.1, 0.15) is 0 Å². The maximum absolute atomic E-state index is 6.86. The maximum Gasteiger partial charge on any atom is 0.146 e. The van der Waals surface area contributed by atoms with Crippen molar-refractivity contribution >= 4 is 82.9 Å². The van der Waals surface area contributed by atoms with E-state index in [1.807, 2.05) is 0 Å². The van der Waals surface area contributed by atoms with Crippen LogP contribution in [0.2, 0.25) is 0 Å². The van der Waals surface area contributed by atoms with Crippen LogP contribution in [0, 0.1) is 0 Å². The Morgan fingerprint density at radius 1 is 0.538 bits per heavy atom. The molecule has 0 saturated heterocycles. The Kier molecular flexibility index (Phi) is 5.00. The fourth-order valence-corrected chi connectivity index (χ4v) is 10.2. The van der Waals surface area contributed by atoms with Gasteiger partial charge in [-0.15, -0.1) is 0 Å². The molecule has 8 aromatic rings. The normalized spacial score (nSPS) is 12.2. The first kappa shape index (κ1) is 22.7. The molecule has 2 nitrogen and oxygen atoms in total. The molecule has 0 spiro atoms. The van der Waals surface area contributed by atoms with Crippen molar-refractivity contribution in [2.75, 3.05) is 0 Å². The van der Waals surface area contributed by atoms with Gasteiger partial charge in [-0.3, -0.25) is 4.40 Å². The SMILES string of the molecule is S=P(c1ccccc1)(c1ccccc1)c1cccc2c1c1ccc3ccccc3c1n1c3ccccc3nc21. The van der Waals surface area contributed by atoms with Gasteiger partial charge in [-0.25, -0.2) is 4.98 Å². The number of para-hydroxylation sites is 2. The average molecular weight is 535 g/mol. The zero-order chi connectivity index (χ0) is 26.0. The Balaban J connectivity index is 1.66. The molecular formula is C35H23N2PS. The highest BCUT2D eigenvalue weighted by atomic mass is 32.4.